The van der Waals surface area contributed by atoms with Gasteiger partial charge in [-0.05, 0) is 30.5 Å². The molecule has 20 heavy (non-hydrogen) atoms. The van der Waals surface area contributed by atoms with Crippen molar-refractivity contribution >= 4 is 9.84 Å². The minimum absolute atomic E-state index is 0.145. The molecule has 0 radical (unpaired) electrons. The molecule has 1 atom stereocenters. The van der Waals surface area contributed by atoms with Crippen LogP contribution in [0.1, 0.15) is 30.1 Å². The van der Waals surface area contributed by atoms with Crippen LogP contribution in [0.3, 0.4) is 0 Å². The summed E-state index contributed by atoms with van der Waals surface area (Å²) in [7, 11) is -2.85. The van der Waals surface area contributed by atoms with Crippen molar-refractivity contribution in [3.8, 4) is 6.07 Å². The van der Waals surface area contributed by atoms with Crippen molar-refractivity contribution in [2.45, 2.75) is 25.0 Å². The van der Waals surface area contributed by atoms with Gasteiger partial charge in [-0.1, -0.05) is 12.1 Å². The molecule has 1 aliphatic heterocycles. The molecule has 0 aromatic heterocycles. The van der Waals surface area contributed by atoms with Gasteiger partial charge in [0.1, 0.15) is 9.84 Å². The highest BCUT2D eigenvalue weighted by Crippen LogP contribution is 2.16. The van der Waals surface area contributed by atoms with Gasteiger partial charge >= 0.3 is 0 Å². The summed E-state index contributed by atoms with van der Waals surface area (Å²) in [6.45, 7) is 0.386. The largest absolute Gasteiger partial charge is 0.387 e. The van der Waals surface area contributed by atoms with Crippen molar-refractivity contribution in [2.24, 2.45) is 0 Å². The van der Waals surface area contributed by atoms with E-state index in [1.54, 1.807) is 24.3 Å². The van der Waals surface area contributed by atoms with Crippen molar-refractivity contribution in [1.82, 2.24) is 5.32 Å². The Hall–Kier alpha value is -1.42. The first-order chi connectivity index (χ1) is 9.50. The third-order valence-electron chi connectivity index (χ3n) is 3.58. The molecule has 1 aromatic rings. The van der Waals surface area contributed by atoms with Gasteiger partial charge in [0, 0.05) is 12.6 Å². The van der Waals surface area contributed by atoms with E-state index in [1.807, 2.05) is 6.07 Å². The Labute approximate surface area is 119 Å². The van der Waals surface area contributed by atoms with Gasteiger partial charge in [0.05, 0.1) is 29.2 Å². The van der Waals surface area contributed by atoms with Crippen molar-refractivity contribution < 1.29 is 13.5 Å². The van der Waals surface area contributed by atoms with E-state index in [2.05, 4.69) is 5.32 Å². The lowest BCUT2D eigenvalue weighted by Gasteiger charge is -2.24. The van der Waals surface area contributed by atoms with E-state index < -0.39 is 15.9 Å². The fraction of sp³-hybridized carbons (Fsp3) is 0.500. The van der Waals surface area contributed by atoms with Crippen LogP contribution in [0.15, 0.2) is 24.3 Å². The maximum absolute atomic E-state index is 11.3. The van der Waals surface area contributed by atoms with E-state index in [0.717, 1.165) is 5.56 Å². The summed E-state index contributed by atoms with van der Waals surface area (Å²) in [5.74, 6) is 0.440. The number of aliphatic hydroxyl groups is 1. The molecule has 0 spiro atoms. The van der Waals surface area contributed by atoms with Gasteiger partial charge in [-0.25, -0.2) is 8.42 Å². The molecule has 5 nitrogen and oxygen atoms in total. The molecule has 1 unspecified atom stereocenters. The fourth-order valence-corrected chi connectivity index (χ4v) is 3.76. The Balaban J connectivity index is 1.83. The van der Waals surface area contributed by atoms with Crippen LogP contribution in [0.25, 0.3) is 0 Å². The molecule has 1 fully saturated rings. The number of hydrogen-bond acceptors (Lipinski definition) is 5. The molecular weight excluding hydrogens is 276 g/mol. The number of nitrogens with one attached hydrogen (secondary N) is 1. The lowest BCUT2D eigenvalue weighted by molar-refractivity contribution is 0.168. The number of benzene rings is 1. The zero-order valence-corrected chi connectivity index (χ0v) is 11.9. The van der Waals surface area contributed by atoms with Crippen LogP contribution in [-0.4, -0.2) is 37.6 Å². The Morgan fingerprint density at radius 1 is 1.30 bits per heavy atom. The maximum atomic E-state index is 11.3. The average molecular weight is 294 g/mol. The zero-order valence-electron chi connectivity index (χ0n) is 11.1. The number of rotatable bonds is 4. The summed E-state index contributed by atoms with van der Waals surface area (Å²) in [6, 6.07) is 8.98. The third-order valence-corrected chi connectivity index (χ3v) is 5.29. The lowest BCUT2D eigenvalue weighted by Crippen LogP contribution is -2.39. The van der Waals surface area contributed by atoms with Crippen LogP contribution in [0, 0.1) is 11.3 Å². The standard InChI is InChI=1S/C14H18N2O3S/c15-9-11-1-3-12(4-2-11)14(17)10-16-13-5-7-20(18,19)8-6-13/h1-4,13-14,16-17H,5-8,10H2. The molecule has 1 aromatic carbocycles. The van der Waals surface area contributed by atoms with Crippen molar-refractivity contribution in [3.05, 3.63) is 35.4 Å². The average Bonchev–Trinajstić information content (AvgIpc) is 2.46. The summed E-state index contributed by atoms with van der Waals surface area (Å²) in [5, 5.41) is 22.0. The van der Waals surface area contributed by atoms with Gasteiger partial charge in [0.25, 0.3) is 0 Å². The van der Waals surface area contributed by atoms with Gasteiger partial charge < -0.3 is 10.4 Å². The normalized spacial score (nSPS) is 20.2. The Bertz CT molecular complexity index is 576. The first-order valence-electron chi connectivity index (χ1n) is 6.62. The molecule has 0 saturated carbocycles. The predicted octanol–water partition coefficient (Wildman–Crippen LogP) is 0.758. The lowest BCUT2D eigenvalue weighted by atomic mass is 10.1. The van der Waals surface area contributed by atoms with E-state index in [4.69, 9.17) is 5.26 Å². The second-order valence-electron chi connectivity index (χ2n) is 5.08. The summed E-state index contributed by atoms with van der Waals surface area (Å²) < 4.78 is 22.6. The van der Waals surface area contributed by atoms with Gasteiger partial charge in [0.15, 0.2) is 0 Å². The summed E-state index contributed by atoms with van der Waals surface area (Å²) in [4.78, 5) is 0. The van der Waals surface area contributed by atoms with Crippen LogP contribution in [0.2, 0.25) is 0 Å². The van der Waals surface area contributed by atoms with Gasteiger partial charge in [-0.3, -0.25) is 0 Å². The minimum Gasteiger partial charge on any atom is -0.387 e. The first kappa shape index (κ1) is 15.0. The predicted molar refractivity (Wildman–Crippen MR) is 75.8 cm³/mol. The number of aliphatic hydroxyl groups excluding tert-OH is 1. The van der Waals surface area contributed by atoms with Crippen LogP contribution >= 0.6 is 0 Å². The third kappa shape index (κ3) is 4.04. The maximum Gasteiger partial charge on any atom is 0.150 e. The minimum atomic E-state index is -2.85. The molecular formula is C14H18N2O3S. The van der Waals surface area contributed by atoms with E-state index in [0.29, 0.717) is 24.9 Å². The second kappa shape index (κ2) is 6.35. The van der Waals surface area contributed by atoms with Crippen LogP contribution in [0.4, 0.5) is 0 Å². The van der Waals surface area contributed by atoms with Gasteiger partial charge in [-0.2, -0.15) is 5.26 Å². The number of nitrogens with zero attached hydrogens (tertiary/aromatic N) is 1. The number of sulfone groups is 1. The van der Waals surface area contributed by atoms with E-state index in [1.165, 1.54) is 0 Å². The number of hydrogen-bond donors (Lipinski definition) is 2. The second-order valence-corrected chi connectivity index (χ2v) is 7.39. The summed E-state index contributed by atoms with van der Waals surface area (Å²) in [6.07, 6.45) is 0.548. The molecule has 1 heterocycles. The van der Waals surface area contributed by atoms with E-state index in [-0.39, 0.29) is 17.5 Å². The summed E-state index contributed by atoms with van der Waals surface area (Å²) in [5.41, 5.74) is 1.31. The molecule has 0 amide bonds. The van der Waals surface area contributed by atoms with Crippen LogP contribution < -0.4 is 5.32 Å². The van der Waals surface area contributed by atoms with Crippen LogP contribution in [0.5, 0.6) is 0 Å². The fourth-order valence-electron chi connectivity index (χ4n) is 2.27. The Morgan fingerprint density at radius 3 is 2.45 bits per heavy atom. The molecule has 1 aliphatic rings. The van der Waals surface area contributed by atoms with E-state index >= 15 is 0 Å². The Kier molecular flexibility index (Phi) is 4.76. The van der Waals surface area contributed by atoms with Crippen molar-refractivity contribution in [2.75, 3.05) is 18.1 Å². The van der Waals surface area contributed by atoms with Crippen LogP contribution in [-0.2, 0) is 9.84 Å². The quantitative estimate of drug-likeness (QED) is 0.855. The molecule has 6 heteroatoms. The highest BCUT2D eigenvalue weighted by molar-refractivity contribution is 7.91. The summed E-state index contributed by atoms with van der Waals surface area (Å²) >= 11 is 0. The molecule has 108 valence electrons. The van der Waals surface area contributed by atoms with Crippen molar-refractivity contribution in [1.29, 1.82) is 5.26 Å². The van der Waals surface area contributed by atoms with E-state index in [9.17, 15) is 13.5 Å². The number of nitriles is 1. The molecule has 0 bridgehead atoms. The molecule has 2 N–H and O–H groups in total. The molecule has 1 saturated heterocycles. The first-order valence-corrected chi connectivity index (χ1v) is 8.44. The highest BCUT2D eigenvalue weighted by atomic mass is 32.2. The SMILES string of the molecule is N#Cc1ccc(C(O)CNC2CCS(=O)(=O)CC2)cc1. The molecule has 0 aliphatic carbocycles. The molecule has 2 rings (SSSR count). The monoisotopic (exact) mass is 294 g/mol. The highest BCUT2D eigenvalue weighted by Gasteiger charge is 2.23. The Morgan fingerprint density at radius 2 is 1.90 bits per heavy atom. The van der Waals surface area contributed by atoms with Gasteiger partial charge in [-0.15, -0.1) is 0 Å². The topological polar surface area (TPSA) is 90.2 Å². The zero-order chi connectivity index (χ0) is 14.6. The van der Waals surface area contributed by atoms with Crippen molar-refractivity contribution in [3.63, 3.8) is 0 Å². The smallest absolute Gasteiger partial charge is 0.150 e. The van der Waals surface area contributed by atoms with Gasteiger partial charge in [0.2, 0.25) is 0 Å².